The molecule has 0 aromatic heterocycles. The van der Waals surface area contributed by atoms with E-state index in [9.17, 15) is 18.0 Å². The summed E-state index contributed by atoms with van der Waals surface area (Å²) < 4.78 is 38.6. The summed E-state index contributed by atoms with van der Waals surface area (Å²) in [6, 6.07) is 4.69. The van der Waals surface area contributed by atoms with Gasteiger partial charge in [-0.3, -0.25) is 4.79 Å². The van der Waals surface area contributed by atoms with Crippen molar-refractivity contribution in [2.45, 2.75) is 31.5 Å². The molecule has 2 rings (SSSR count). The van der Waals surface area contributed by atoms with Gasteiger partial charge in [0.1, 0.15) is 12.1 Å². The molecule has 1 saturated carbocycles. The summed E-state index contributed by atoms with van der Waals surface area (Å²) >= 11 is 0. The van der Waals surface area contributed by atoms with Crippen molar-refractivity contribution in [2.75, 3.05) is 6.61 Å². The van der Waals surface area contributed by atoms with Gasteiger partial charge in [0, 0.05) is 11.1 Å². The Labute approximate surface area is 120 Å². The zero-order chi connectivity index (χ0) is 15.7. The van der Waals surface area contributed by atoms with Crippen molar-refractivity contribution in [2.24, 2.45) is 0 Å². The number of nitrogens with one attached hydrogen (secondary N) is 1. The Morgan fingerprint density at radius 2 is 2.10 bits per heavy atom. The average Bonchev–Trinajstić information content (AvgIpc) is 3.18. The van der Waals surface area contributed by atoms with Gasteiger partial charge < -0.3 is 10.4 Å². The topological polar surface area (TPSA) is 49.3 Å². The third-order valence-electron chi connectivity index (χ3n) is 3.44. The van der Waals surface area contributed by atoms with Gasteiger partial charge in [-0.1, -0.05) is 17.9 Å². The first-order chi connectivity index (χ1) is 9.79. The normalized spacial score (nSPS) is 15.9. The van der Waals surface area contributed by atoms with Crippen LogP contribution in [0.25, 0.3) is 0 Å². The average molecular weight is 297 g/mol. The zero-order valence-corrected chi connectivity index (χ0v) is 11.3. The second-order valence-corrected chi connectivity index (χ2v) is 5.02. The van der Waals surface area contributed by atoms with Crippen molar-refractivity contribution in [3.05, 3.63) is 34.9 Å². The molecule has 2 N–H and O–H groups in total. The number of amides is 1. The van der Waals surface area contributed by atoms with E-state index in [-0.39, 0.29) is 25.0 Å². The largest absolute Gasteiger partial charge is 0.411 e. The molecule has 0 spiro atoms. The molecule has 1 amide bonds. The lowest BCUT2D eigenvalue weighted by Gasteiger charge is -2.21. The second-order valence-electron chi connectivity index (χ2n) is 5.02. The number of hydrogen-bond acceptors (Lipinski definition) is 2. The molecule has 0 bridgehead atoms. The van der Waals surface area contributed by atoms with Gasteiger partial charge in [-0.25, -0.2) is 0 Å². The van der Waals surface area contributed by atoms with Crippen LogP contribution < -0.4 is 5.32 Å². The smallest absolute Gasteiger partial charge is 0.384 e. The molecule has 0 saturated heterocycles. The van der Waals surface area contributed by atoms with Crippen LogP contribution in [0.3, 0.4) is 0 Å². The molecule has 3 nitrogen and oxygen atoms in total. The van der Waals surface area contributed by atoms with Gasteiger partial charge in [0.05, 0.1) is 0 Å². The standard InChI is InChI=1S/C15H14F3NO2/c1-10-4-5-11(3-2-8-20)9-12(10)13(21)19-14(6-7-14)15(16,17)18/h4-5,9,20H,6-8H2,1H3,(H,19,21). The Balaban J connectivity index is 2.23. The van der Waals surface area contributed by atoms with E-state index in [2.05, 4.69) is 17.2 Å². The molecule has 0 atom stereocenters. The SMILES string of the molecule is Cc1ccc(C#CCO)cc1C(=O)NC1(C(F)(F)F)CC1. The predicted octanol–water partition coefficient (Wildman–Crippen LogP) is 2.16. The number of aryl methyl sites for hydroxylation is 1. The van der Waals surface area contributed by atoms with Crippen LogP contribution in [0.5, 0.6) is 0 Å². The minimum Gasteiger partial charge on any atom is -0.384 e. The fraction of sp³-hybridized carbons (Fsp3) is 0.400. The highest BCUT2D eigenvalue weighted by molar-refractivity contribution is 5.96. The van der Waals surface area contributed by atoms with Crippen molar-refractivity contribution in [1.82, 2.24) is 5.32 Å². The van der Waals surface area contributed by atoms with Crippen molar-refractivity contribution in [1.29, 1.82) is 0 Å². The molecule has 1 aromatic carbocycles. The number of aliphatic hydroxyl groups excluding tert-OH is 1. The van der Waals surface area contributed by atoms with Crippen LogP contribution in [0, 0.1) is 18.8 Å². The Morgan fingerprint density at radius 3 is 2.62 bits per heavy atom. The van der Waals surface area contributed by atoms with Crippen molar-refractivity contribution in [3.63, 3.8) is 0 Å². The summed E-state index contributed by atoms with van der Waals surface area (Å²) in [5, 5.41) is 10.7. The molecular formula is C15H14F3NO2. The second kappa shape index (κ2) is 5.41. The minimum atomic E-state index is -4.44. The molecule has 21 heavy (non-hydrogen) atoms. The maximum atomic E-state index is 12.9. The van der Waals surface area contributed by atoms with Crippen LogP contribution in [-0.2, 0) is 0 Å². The van der Waals surface area contributed by atoms with Crippen LogP contribution >= 0.6 is 0 Å². The monoisotopic (exact) mass is 297 g/mol. The third kappa shape index (κ3) is 3.19. The van der Waals surface area contributed by atoms with E-state index in [0.717, 1.165) is 0 Å². The van der Waals surface area contributed by atoms with Crippen LogP contribution in [-0.4, -0.2) is 29.3 Å². The van der Waals surface area contributed by atoms with Gasteiger partial charge in [-0.2, -0.15) is 13.2 Å². The minimum absolute atomic E-state index is 0.0920. The summed E-state index contributed by atoms with van der Waals surface area (Å²) in [7, 11) is 0. The quantitative estimate of drug-likeness (QED) is 0.822. The molecule has 1 aliphatic rings. The van der Waals surface area contributed by atoms with Crippen LogP contribution in [0.2, 0.25) is 0 Å². The molecule has 112 valence electrons. The van der Waals surface area contributed by atoms with Crippen LogP contribution in [0.1, 0.15) is 34.3 Å². The van der Waals surface area contributed by atoms with E-state index >= 15 is 0 Å². The number of halogens is 3. The van der Waals surface area contributed by atoms with Crippen LogP contribution in [0.15, 0.2) is 18.2 Å². The summed E-state index contributed by atoms with van der Waals surface area (Å²) in [6.45, 7) is 1.32. The molecule has 1 aromatic rings. The van der Waals surface area contributed by atoms with Gasteiger partial charge in [-0.15, -0.1) is 0 Å². The first kappa shape index (κ1) is 15.4. The first-order valence-electron chi connectivity index (χ1n) is 6.39. The maximum Gasteiger partial charge on any atom is 0.411 e. The van der Waals surface area contributed by atoms with Gasteiger partial charge in [0.2, 0.25) is 0 Å². The number of aliphatic hydroxyl groups is 1. The summed E-state index contributed by atoms with van der Waals surface area (Å²) in [4.78, 5) is 12.1. The fourth-order valence-electron chi connectivity index (χ4n) is 1.97. The Morgan fingerprint density at radius 1 is 1.43 bits per heavy atom. The molecule has 0 heterocycles. The zero-order valence-electron chi connectivity index (χ0n) is 11.3. The highest BCUT2D eigenvalue weighted by Gasteiger charge is 2.64. The number of carbonyl (C=O) groups excluding carboxylic acids is 1. The Hall–Kier alpha value is -2.00. The molecular weight excluding hydrogens is 283 g/mol. The van der Waals surface area contributed by atoms with Crippen molar-refractivity contribution >= 4 is 5.91 Å². The highest BCUT2D eigenvalue weighted by Crippen LogP contribution is 2.49. The lowest BCUT2D eigenvalue weighted by molar-refractivity contribution is -0.163. The van der Waals surface area contributed by atoms with Gasteiger partial charge in [0.25, 0.3) is 5.91 Å². The Bertz CT molecular complexity index is 622. The first-order valence-corrected chi connectivity index (χ1v) is 6.39. The molecule has 1 fully saturated rings. The van der Waals surface area contributed by atoms with E-state index in [1.807, 2.05) is 0 Å². The van der Waals surface area contributed by atoms with E-state index in [1.165, 1.54) is 6.07 Å². The maximum absolute atomic E-state index is 12.9. The molecule has 0 radical (unpaired) electrons. The lowest BCUT2D eigenvalue weighted by Crippen LogP contribution is -2.48. The molecule has 0 unspecified atom stereocenters. The van der Waals surface area contributed by atoms with E-state index < -0.39 is 17.6 Å². The predicted molar refractivity (Wildman–Crippen MR) is 70.6 cm³/mol. The third-order valence-corrected chi connectivity index (χ3v) is 3.44. The molecule has 1 aliphatic carbocycles. The summed E-state index contributed by atoms with van der Waals surface area (Å²) in [5.41, 5.74) is -0.879. The molecule has 0 aliphatic heterocycles. The van der Waals surface area contributed by atoms with Gasteiger partial charge in [-0.05, 0) is 37.5 Å². The van der Waals surface area contributed by atoms with E-state index in [1.54, 1.807) is 19.1 Å². The van der Waals surface area contributed by atoms with E-state index in [4.69, 9.17) is 5.11 Å². The van der Waals surface area contributed by atoms with Crippen molar-refractivity contribution < 1.29 is 23.1 Å². The Kier molecular flexibility index (Phi) is 3.97. The fourth-order valence-corrected chi connectivity index (χ4v) is 1.97. The number of rotatable bonds is 2. The molecule has 6 heteroatoms. The number of hydrogen-bond donors (Lipinski definition) is 2. The summed E-state index contributed by atoms with van der Waals surface area (Å²) in [5.74, 6) is 4.30. The van der Waals surface area contributed by atoms with Gasteiger partial charge >= 0.3 is 6.18 Å². The van der Waals surface area contributed by atoms with Crippen molar-refractivity contribution in [3.8, 4) is 11.8 Å². The number of benzene rings is 1. The van der Waals surface area contributed by atoms with Gasteiger partial charge in [0.15, 0.2) is 0 Å². The summed E-state index contributed by atoms with van der Waals surface area (Å²) in [6.07, 6.45) is -4.62. The van der Waals surface area contributed by atoms with E-state index in [0.29, 0.717) is 11.1 Å². The van der Waals surface area contributed by atoms with Crippen LogP contribution in [0.4, 0.5) is 13.2 Å². The number of alkyl halides is 3. The number of carbonyl (C=O) groups is 1. The lowest BCUT2D eigenvalue weighted by atomic mass is 10.0. The highest BCUT2D eigenvalue weighted by atomic mass is 19.4.